The number of carbonyl (C=O) groups excluding carboxylic acids is 1. The molecule has 7 heteroatoms. The number of hydrogen-bond donors (Lipinski definition) is 2. The van der Waals surface area contributed by atoms with Crippen LogP contribution in [0, 0.1) is 0 Å². The minimum absolute atomic E-state index is 0. The van der Waals surface area contributed by atoms with Gasteiger partial charge in [-0.2, -0.15) is 0 Å². The van der Waals surface area contributed by atoms with Crippen molar-refractivity contribution in [3.05, 3.63) is 65.2 Å². The van der Waals surface area contributed by atoms with Gasteiger partial charge in [0, 0.05) is 32.7 Å². The number of ether oxygens (including phenoxy) is 1. The van der Waals surface area contributed by atoms with Gasteiger partial charge in [-0.15, -0.1) is 24.0 Å². The highest BCUT2D eigenvalue weighted by Crippen LogP contribution is 2.24. The Morgan fingerprint density at radius 2 is 1.76 bits per heavy atom. The molecule has 2 aromatic carbocycles. The monoisotopic (exact) mass is 564 g/mol. The Hall–Kier alpha value is -2.29. The van der Waals surface area contributed by atoms with Crippen LogP contribution in [0.3, 0.4) is 0 Å². The van der Waals surface area contributed by atoms with Crippen LogP contribution in [0.1, 0.15) is 60.5 Å². The van der Waals surface area contributed by atoms with Crippen LogP contribution in [-0.2, 0) is 13.1 Å². The molecule has 6 nitrogen and oxygen atoms in total. The van der Waals surface area contributed by atoms with E-state index in [1.54, 1.807) is 19.0 Å². The van der Waals surface area contributed by atoms with E-state index < -0.39 is 0 Å². The van der Waals surface area contributed by atoms with Crippen LogP contribution < -0.4 is 15.4 Å². The molecule has 2 N–H and O–H groups in total. The van der Waals surface area contributed by atoms with Gasteiger partial charge >= 0.3 is 0 Å². The molecule has 1 amide bonds. The molecular formula is C26H37IN4O2. The summed E-state index contributed by atoms with van der Waals surface area (Å²) >= 11 is 0. The lowest BCUT2D eigenvalue weighted by atomic mass is 9.98. The van der Waals surface area contributed by atoms with Crippen molar-refractivity contribution in [3.8, 4) is 5.75 Å². The number of nitrogens with zero attached hydrogens (tertiary/aromatic N) is 2. The summed E-state index contributed by atoms with van der Waals surface area (Å²) in [6, 6.07) is 15.9. The maximum atomic E-state index is 12.0. The van der Waals surface area contributed by atoms with Crippen LogP contribution in [-0.4, -0.2) is 43.5 Å². The lowest BCUT2D eigenvalue weighted by Gasteiger charge is -2.23. The number of rotatable bonds is 8. The molecule has 180 valence electrons. The van der Waals surface area contributed by atoms with Crippen LogP contribution in [0.4, 0.5) is 0 Å². The summed E-state index contributed by atoms with van der Waals surface area (Å²) in [7, 11) is 3.52. The molecule has 0 heterocycles. The third kappa shape index (κ3) is 8.87. The normalized spacial score (nSPS) is 14.2. The Balaban J connectivity index is 0.00000385. The molecule has 0 aromatic heterocycles. The Kier molecular flexibility index (Phi) is 11.5. The van der Waals surface area contributed by atoms with E-state index in [1.807, 2.05) is 36.4 Å². The first-order valence-corrected chi connectivity index (χ1v) is 11.6. The summed E-state index contributed by atoms with van der Waals surface area (Å²) in [5, 5.41) is 6.67. The smallest absolute Gasteiger partial charge is 0.253 e. The first-order chi connectivity index (χ1) is 15.5. The molecule has 1 aliphatic rings. The summed E-state index contributed by atoms with van der Waals surface area (Å²) in [6.07, 6.45) is 6.51. The summed E-state index contributed by atoms with van der Waals surface area (Å²) in [6.45, 7) is 4.05. The minimum Gasteiger partial charge on any atom is -0.490 e. The van der Waals surface area contributed by atoms with Gasteiger partial charge in [0.1, 0.15) is 5.75 Å². The molecule has 0 bridgehead atoms. The largest absolute Gasteiger partial charge is 0.490 e. The van der Waals surface area contributed by atoms with Crippen molar-refractivity contribution in [2.24, 2.45) is 4.99 Å². The molecule has 1 aliphatic carbocycles. The molecule has 0 unspecified atom stereocenters. The van der Waals surface area contributed by atoms with Gasteiger partial charge in [-0.3, -0.25) is 4.79 Å². The van der Waals surface area contributed by atoms with E-state index in [9.17, 15) is 4.79 Å². The maximum Gasteiger partial charge on any atom is 0.253 e. The van der Waals surface area contributed by atoms with E-state index in [1.165, 1.54) is 19.3 Å². The van der Waals surface area contributed by atoms with Gasteiger partial charge in [0.2, 0.25) is 0 Å². The molecule has 0 radical (unpaired) electrons. The minimum atomic E-state index is 0. The Bertz CT molecular complexity index is 893. The number of benzene rings is 2. The molecule has 33 heavy (non-hydrogen) atoms. The Morgan fingerprint density at radius 1 is 1.03 bits per heavy atom. The number of aliphatic imine (C=N–C) groups is 1. The highest BCUT2D eigenvalue weighted by molar-refractivity contribution is 14.0. The van der Waals surface area contributed by atoms with Gasteiger partial charge in [-0.05, 0) is 68.0 Å². The van der Waals surface area contributed by atoms with Crippen molar-refractivity contribution in [2.75, 3.05) is 20.6 Å². The van der Waals surface area contributed by atoms with Crippen LogP contribution in [0.2, 0.25) is 0 Å². The van der Waals surface area contributed by atoms with Crippen LogP contribution in [0.15, 0.2) is 53.5 Å². The molecule has 1 fully saturated rings. The summed E-state index contributed by atoms with van der Waals surface area (Å²) in [5.41, 5.74) is 2.91. The van der Waals surface area contributed by atoms with E-state index >= 15 is 0 Å². The van der Waals surface area contributed by atoms with Gasteiger partial charge in [-0.1, -0.05) is 30.7 Å². The van der Waals surface area contributed by atoms with Crippen LogP contribution >= 0.6 is 24.0 Å². The molecule has 1 saturated carbocycles. The first kappa shape index (κ1) is 27.0. The average molecular weight is 565 g/mol. The zero-order chi connectivity index (χ0) is 22.8. The highest BCUT2D eigenvalue weighted by atomic mass is 127. The van der Waals surface area contributed by atoms with Gasteiger partial charge < -0.3 is 20.3 Å². The van der Waals surface area contributed by atoms with Crippen LogP contribution in [0.25, 0.3) is 0 Å². The highest BCUT2D eigenvalue weighted by Gasteiger charge is 2.14. The zero-order valence-corrected chi connectivity index (χ0v) is 22.3. The predicted molar refractivity (Wildman–Crippen MR) is 145 cm³/mol. The van der Waals surface area contributed by atoms with Gasteiger partial charge in [0.15, 0.2) is 5.96 Å². The predicted octanol–water partition coefficient (Wildman–Crippen LogP) is 4.97. The summed E-state index contributed by atoms with van der Waals surface area (Å²) in [5.74, 6) is 1.71. The number of carbonyl (C=O) groups is 1. The fraction of sp³-hybridized carbons (Fsp3) is 0.462. The number of nitrogens with one attached hydrogen (secondary N) is 2. The lowest BCUT2D eigenvalue weighted by Crippen LogP contribution is -2.36. The number of amides is 1. The number of guanidine groups is 1. The fourth-order valence-corrected chi connectivity index (χ4v) is 3.81. The summed E-state index contributed by atoms with van der Waals surface area (Å²) < 4.78 is 6.19. The molecule has 0 aliphatic heterocycles. The topological polar surface area (TPSA) is 66.0 Å². The van der Waals surface area contributed by atoms with Crippen molar-refractivity contribution in [2.45, 2.75) is 58.2 Å². The lowest BCUT2D eigenvalue weighted by molar-refractivity contribution is 0.0827. The second-order valence-electron chi connectivity index (χ2n) is 8.47. The maximum absolute atomic E-state index is 12.0. The molecule has 0 spiro atoms. The van der Waals surface area contributed by atoms with Crippen molar-refractivity contribution in [3.63, 3.8) is 0 Å². The van der Waals surface area contributed by atoms with Gasteiger partial charge in [0.25, 0.3) is 5.91 Å². The number of hydrogen-bond acceptors (Lipinski definition) is 3. The second kappa shape index (κ2) is 14.1. The molecule has 2 aromatic rings. The molecule has 3 rings (SSSR count). The molecule has 0 atom stereocenters. The SMILES string of the molecule is CCNC(=NCc1cccc(OC2CCCCC2)c1)NCc1ccc(C(=O)N(C)C)cc1.I. The first-order valence-electron chi connectivity index (χ1n) is 11.6. The van der Waals surface area contributed by atoms with Gasteiger partial charge in [0.05, 0.1) is 12.6 Å². The Morgan fingerprint density at radius 3 is 2.42 bits per heavy atom. The second-order valence-corrected chi connectivity index (χ2v) is 8.47. The van der Waals surface area contributed by atoms with E-state index in [2.05, 4.69) is 29.7 Å². The molecular weight excluding hydrogens is 527 g/mol. The van der Waals surface area contributed by atoms with Crippen LogP contribution in [0.5, 0.6) is 5.75 Å². The van der Waals surface area contributed by atoms with E-state index in [4.69, 9.17) is 9.73 Å². The van der Waals surface area contributed by atoms with Crippen molar-refractivity contribution < 1.29 is 9.53 Å². The van der Waals surface area contributed by atoms with Crippen molar-refractivity contribution in [1.82, 2.24) is 15.5 Å². The van der Waals surface area contributed by atoms with E-state index in [0.717, 1.165) is 42.2 Å². The zero-order valence-electron chi connectivity index (χ0n) is 20.0. The van der Waals surface area contributed by atoms with Crippen molar-refractivity contribution >= 4 is 35.8 Å². The Labute approximate surface area is 215 Å². The summed E-state index contributed by atoms with van der Waals surface area (Å²) in [4.78, 5) is 18.4. The fourth-order valence-electron chi connectivity index (χ4n) is 3.81. The third-order valence-corrected chi connectivity index (χ3v) is 5.58. The molecule has 0 saturated heterocycles. The van der Waals surface area contributed by atoms with Gasteiger partial charge in [-0.25, -0.2) is 4.99 Å². The third-order valence-electron chi connectivity index (χ3n) is 5.58. The van der Waals surface area contributed by atoms with Crippen molar-refractivity contribution in [1.29, 1.82) is 0 Å². The van der Waals surface area contributed by atoms with E-state index in [-0.39, 0.29) is 29.9 Å². The number of halogens is 1. The van der Waals surface area contributed by atoms with E-state index in [0.29, 0.717) is 24.8 Å². The quantitative estimate of drug-likeness (QED) is 0.270. The average Bonchev–Trinajstić information content (AvgIpc) is 2.81. The standard InChI is InChI=1S/C26H36N4O2.HI/c1-4-27-26(28-18-20-13-15-22(16-14-20)25(31)30(2)3)29-19-21-9-8-12-24(17-21)32-23-10-6-5-7-11-23;/h8-9,12-17,23H,4-7,10-11,18-19H2,1-3H3,(H2,27,28,29);1H.